The molecule has 14 nitrogen and oxygen atoms in total. The number of nitrogens with one attached hydrogen (secondary N) is 1. The summed E-state index contributed by atoms with van der Waals surface area (Å²) < 4.78 is 26.6. The number of amides is 2. The number of nitro groups is 2. The minimum absolute atomic E-state index is 0.0124. The summed E-state index contributed by atoms with van der Waals surface area (Å²) in [5, 5.41) is 26.1. The number of ether oxygens (including phenoxy) is 1. The molecule has 0 saturated carbocycles. The second-order valence-corrected chi connectivity index (χ2v) is 13.6. The number of hydrogen-bond acceptors (Lipinski definition) is 10. The molecule has 1 N–H and O–H groups in total. The van der Waals surface area contributed by atoms with Crippen molar-refractivity contribution in [3.05, 3.63) is 68.8 Å². The smallest absolute Gasteiger partial charge is 0.410 e. The van der Waals surface area contributed by atoms with Crippen LogP contribution in [-0.2, 0) is 24.7 Å². The molecule has 2 aromatic rings. The average Bonchev–Trinajstić information content (AvgIpc) is 3.03. The fourth-order valence-electron chi connectivity index (χ4n) is 4.94. The first kappa shape index (κ1) is 36.9. The number of piperidine rings is 2. The Morgan fingerprint density at radius 1 is 0.935 bits per heavy atom. The van der Waals surface area contributed by atoms with Crippen LogP contribution in [0.3, 0.4) is 0 Å². The van der Waals surface area contributed by atoms with Crippen LogP contribution in [0.15, 0.2) is 58.3 Å². The van der Waals surface area contributed by atoms with Gasteiger partial charge in [0.05, 0.1) is 16.0 Å². The second kappa shape index (κ2) is 16.8. The Balaban J connectivity index is 0.00000282. The minimum Gasteiger partial charge on any atom is -0.444 e. The van der Waals surface area contributed by atoms with Gasteiger partial charge in [0, 0.05) is 49.9 Å². The molecule has 46 heavy (non-hydrogen) atoms. The first-order valence-electron chi connectivity index (χ1n) is 15.1. The molecule has 252 valence electrons. The van der Waals surface area contributed by atoms with E-state index in [0.717, 1.165) is 12.0 Å². The van der Waals surface area contributed by atoms with Crippen molar-refractivity contribution in [3.63, 3.8) is 0 Å². The lowest BCUT2D eigenvalue weighted by Crippen LogP contribution is -2.56. The van der Waals surface area contributed by atoms with Gasteiger partial charge in [-0.1, -0.05) is 38.1 Å². The number of nitro benzene ring substituents is 2. The maximum absolute atomic E-state index is 13.9. The Morgan fingerprint density at radius 2 is 1.52 bits per heavy atom. The van der Waals surface area contributed by atoms with Crippen molar-refractivity contribution in [1.29, 1.82) is 0 Å². The number of para-hydroxylation sites is 2. The van der Waals surface area contributed by atoms with E-state index in [2.05, 4.69) is 5.32 Å². The maximum Gasteiger partial charge on any atom is 0.410 e. The zero-order chi connectivity index (χ0) is 34.0. The molecule has 0 aromatic heterocycles. The zero-order valence-electron chi connectivity index (χ0n) is 26.6. The number of benzene rings is 2. The molecule has 2 amide bonds. The highest BCUT2D eigenvalue weighted by Gasteiger charge is 2.40. The third-order valence-electron chi connectivity index (χ3n) is 7.09. The summed E-state index contributed by atoms with van der Waals surface area (Å²) in [7, 11) is -2.10. The van der Waals surface area contributed by atoms with Crippen LogP contribution in [-0.4, -0.2) is 78.7 Å². The van der Waals surface area contributed by atoms with Crippen LogP contribution in [0.2, 0.25) is 0 Å². The lowest BCUT2D eigenvalue weighted by atomic mass is 10.00. The Kier molecular flexibility index (Phi) is 13.5. The third-order valence-corrected chi connectivity index (χ3v) is 9.53. The van der Waals surface area contributed by atoms with E-state index in [9.17, 15) is 34.0 Å². The molecule has 0 spiro atoms. The fourth-order valence-corrected chi connectivity index (χ4v) is 7.20. The second-order valence-electron chi connectivity index (χ2n) is 11.4. The Labute approximate surface area is 275 Å². The van der Waals surface area contributed by atoms with Crippen LogP contribution >= 0.6 is 12.0 Å². The molecule has 3 atom stereocenters. The first-order chi connectivity index (χ1) is 21.8. The van der Waals surface area contributed by atoms with Gasteiger partial charge in [0.2, 0.25) is 5.91 Å². The monoisotopic (exact) mass is 679 g/mol. The van der Waals surface area contributed by atoms with Crippen molar-refractivity contribution in [3.8, 4) is 0 Å². The molecular weight excluding hydrogens is 638 g/mol. The Bertz CT molecular complexity index is 1410. The van der Waals surface area contributed by atoms with Gasteiger partial charge in [0.1, 0.15) is 32.4 Å². The SMILES string of the molecule is CC.CC(C)(C)OC(=O)N1CCC(NC(=O)[C@@H]2CC[C@H](OSc3ccccc3[N+](=O)[O-])CN2S(=O)c2ccccc2[N+](=O)[O-])CC1. The van der Waals surface area contributed by atoms with Crippen molar-refractivity contribution in [2.75, 3.05) is 19.6 Å². The van der Waals surface area contributed by atoms with Gasteiger partial charge in [0.15, 0.2) is 0 Å². The van der Waals surface area contributed by atoms with Crippen molar-refractivity contribution < 1.29 is 32.6 Å². The van der Waals surface area contributed by atoms with E-state index in [-0.39, 0.29) is 41.2 Å². The summed E-state index contributed by atoms with van der Waals surface area (Å²) in [5.74, 6) is -0.377. The molecule has 0 radical (unpaired) electrons. The van der Waals surface area contributed by atoms with Gasteiger partial charge in [-0.3, -0.25) is 25.0 Å². The lowest BCUT2D eigenvalue weighted by molar-refractivity contribution is -0.388. The average molecular weight is 680 g/mol. The topological polar surface area (TPSA) is 174 Å². The molecule has 0 bridgehead atoms. The van der Waals surface area contributed by atoms with Crippen LogP contribution in [0.4, 0.5) is 16.2 Å². The number of hydrogen-bond donors (Lipinski definition) is 1. The summed E-state index contributed by atoms with van der Waals surface area (Å²) in [6.45, 7) is 10.2. The van der Waals surface area contributed by atoms with E-state index >= 15 is 0 Å². The summed E-state index contributed by atoms with van der Waals surface area (Å²) >= 11 is 0.825. The van der Waals surface area contributed by atoms with Gasteiger partial charge in [-0.2, -0.15) is 0 Å². The summed E-state index contributed by atoms with van der Waals surface area (Å²) in [5.41, 5.74) is -1.08. The first-order valence-corrected chi connectivity index (χ1v) is 17.0. The van der Waals surface area contributed by atoms with E-state index in [1.54, 1.807) is 43.9 Å². The highest BCUT2D eigenvalue weighted by Crippen LogP contribution is 2.34. The van der Waals surface area contributed by atoms with Gasteiger partial charge in [0.25, 0.3) is 11.4 Å². The lowest BCUT2D eigenvalue weighted by Gasteiger charge is -2.38. The van der Waals surface area contributed by atoms with E-state index in [1.165, 1.54) is 34.6 Å². The zero-order valence-corrected chi connectivity index (χ0v) is 28.2. The molecule has 2 aromatic carbocycles. The van der Waals surface area contributed by atoms with Crippen LogP contribution in [0.1, 0.15) is 60.3 Å². The largest absolute Gasteiger partial charge is 0.444 e. The summed E-state index contributed by atoms with van der Waals surface area (Å²) in [6.07, 6.45) is 0.634. The van der Waals surface area contributed by atoms with Gasteiger partial charge >= 0.3 is 6.09 Å². The minimum atomic E-state index is -2.10. The Hall–Kier alpha value is -3.60. The quantitative estimate of drug-likeness (QED) is 0.199. The summed E-state index contributed by atoms with van der Waals surface area (Å²) in [6, 6.07) is 10.7. The molecule has 1 unspecified atom stereocenters. The van der Waals surface area contributed by atoms with E-state index in [1.807, 2.05) is 13.8 Å². The molecule has 2 fully saturated rings. The highest BCUT2D eigenvalue weighted by atomic mass is 32.2. The predicted octanol–water partition coefficient (Wildman–Crippen LogP) is 5.62. The van der Waals surface area contributed by atoms with Crippen LogP contribution in [0, 0.1) is 20.2 Å². The number of nitrogens with zero attached hydrogens (tertiary/aromatic N) is 4. The Morgan fingerprint density at radius 3 is 2.13 bits per heavy atom. The van der Waals surface area contributed by atoms with Gasteiger partial charge in [-0.05, 0) is 58.6 Å². The highest BCUT2D eigenvalue weighted by molar-refractivity contribution is 7.94. The van der Waals surface area contributed by atoms with Crippen molar-refractivity contribution >= 4 is 46.4 Å². The summed E-state index contributed by atoms with van der Waals surface area (Å²) in [4.78, 5) is 49.8. The number of likely N-dealkylation sites (tertiary alicyclic amines) is 1. The third kappa shape index (κ3) is 9.95. The van der Waals surface area contributed by atoms with Crippen molar-refractivity contribution in [2.45, 2.75) is 93.9 Å². The maximum atomic E-state index is 13.9. The van der Waals surface area contributed by atoms with Crippen molar-refractivity contribution in [2.24, 2.45) is 0 Å². The van der Waals surface area contributed by atoms with E-state index < -0.39 is 44.7 Å². The molecule has 0 aliphatic carbocycles. The van der Waals surface area contributed by atoms with Gasteiger partial charge in [-0.25, -0.2) is 13.3 Å². The standard InChI is InChI=1S/C28H35N5O9S2.C2H6/c1-28(2,3)41-27(35)30-16-14-19(15-17-30)29-26(34)23-13-12-20(42-43-24-10-6-4-8-21(24)32(36)37)18-31(23)44(40)25-11-7-5-9-22(25)33(38)39;1-2/h4-11,19-20,23H,12-18H2,1-3H3,(H,29,34);1-2H3/t20-,23-,44?;/m0./s1. The van der Waals surface area contributed by atoms with E-state index in [4.69, 9.17) is 8.92 Å². The van der Waals surface area contributed by atoms with Crippen LogP contribution < -0.4 is 5.32 Å². The molecule has 2 saturated heterocycles. The van der Waals surface area contributed by atoms with Gasteiger partial charge < -0.3 is 19.1 Å². The number of carbonyl (C=O) groups excluding carboxylic acids is 2. The number of rotatable bonds is 9. The van der Waals surface area contributed by atoms with Crippen LogP contribution in [0.5, 0.6) is 0 Å². The van der Waals surface area contributed by atoms with Crippen molar-refractivity contribution in [1.82, 2.24) is 14.5 Å². The van der Waals surface area contributed by atoms with Gasteiger partial charge in [-0.15, -0.1) is 0 Å². The molecule has 2 aliphatic heterocycles. The predicted molar refractivity (Wildman–Crippen MR) is 173 cm³/mol. The number of carbonyl (C=O) groups is 2. The molecular formula is C30H41N5O9S2. The molecule has 2 aliphatic rings. The fraction of sp³-hybridized carbons (Fsp3) is 0.533. The molecule has 4 rings (SSSR count). The van der Waals surface area contributed by atoms with Crippen LogP contribution in [0.25, 0.3) is 0 Å². The normalized spacial score (nSPS) is 19.7. The molecule has 16 heteroatoms. The molecule has 2 heterocycles. The van der Waals surface area contributed by atoms with E-state index in [0.29, 0.717) is 37.2 Å².